The summed E-state index contributed by atoms with van der Waals surface area (Å²) >= 11 is 5.64. The van der Waals surface area contributed by atoms with Crippen molar-refractivity contribution in [2.24, 2.45) is 0 Å². The van der Waals surface area contributed by atoms with Gasteiger partial charge in [0.1, 0.15) is 0 Å². The average Bonchev–Trinajstić information content (AvgIpc) is 2.96. The first-order valence-corrected chi connectivity index (χ1v) is 8.37. The minimum Gasteiger partial charge on any atom is -0.356 e. The summed E-state index contributed by atoms with van der Waals surface area (Å²) < 4.78 is 0. The van der Waals surface area contributed by atoms with Crippen LogP contribution in [0.25, 0.3) is 10.9 Å². The lowest BCUT2D eigenvalue weighted by Gasteiger charge is -2.35. The van der Waals surface area contributed by atoms with Gasteiger partial charge in [-0.15, -0.1) is 0 Å². The van der Waals surface area contributed by atoms with Gasteiger partial charge in [0, 0.05) is 28.8 Å². The maximum Gasteiger partial charge on any atom is 0.173 e. The Morgan fingerprint density at radius 1 is 1.13 bits per heavy atom. The van der Waals surface area contributed by atoms with Crippen LogP contribution < -0.4 is 5.32 Å². The van der Waals surface area contributed by atoms with Crippen molar-refractivity contribution in [2.45, 2.75) is 19.4 Å². The molecule has 1 aliphatic heterocycles. The van der Waals surface area contributed by atoms with Gasteiger partial charge in [0.15, 0.2) is 5.11 Å². The Kier molecular flexibility index (Phi) is 3.54. The fourth-order valence-corrected chi connectivity index (χ4v) is 3.79. The second-order valence-corrected chi connectivity index (χ2v) is 6.37. The topological polar surface area (TPSA) is 31.1 Å². The van der Waals surface area contributed by atoms with Crippen LogP contribution in [0.2, 0.25) is 0 Å². The van der Waals surface area contributed by atoms with Crippen LogP contribution in [0, 0.1) is 0 Å². The Morgan fingerprint density at radius 3 is 2.70 bits per heavy atom. The van der Waals surface area contributed by atoms with Gasteiger partial charge in [-0.3, -0.25) is 0 Å². The zero-order valence-electron chi connectivity index (χ0n) is 13.0. The predicted octanol–water partition coefficient (Wildman–Crippen LogP) is 4.48. The molecule has 0 radical (unpaired) electrons. The SMILES string of the molecule is C[C@H]1c2[nH]c3ccccc3c2CCN1C(=S)Nc1ccccc1. The number of aromatic nitrogens is 1. The predicted molar refractivity (Wildman–Crippen MR) is 99.8 cm³/mol. The Labute approximate surface area is 141 Å². The summed E-state index contributed by atoms with van der Waals surface area (Å²) in [6, 6.07) is 18.9. The van der Waals surface area contributed by atoms with E-state index in [-0.39, 0.29) is 6.04 Å². The van der Waals surface area contributed by atoms with Crippen LogP contribution in [-0.4, -0.2) is 21.5 Å². The normalized spacial score (nSPS) is 17.1. The smallest absolute Gasteiger partial charge is 0.173 e. The molecule has 0 saturated heterocycles. The number of thiocarbonyl (C=S) groups is 1. The third-order valence-electron chi connectivity index (χ3n) is 4.62. The molecule has 0 aliphatic carbocycles. The van der Waals surface area contributed by atoms with E-state index in [1.54, 1.807) is 0 Å². The van der Waals surface area contributed by atoms with Gasteiger partial charge in [-0.2, -0.15) is 0 Å². The lowest BCUT2D eigenvalue weighted by molar-refractivity contribution is 0.319. The molecule has 1 atom stereocenters. The van der Waals surface area contributed by atoms with Crippen molar-refractivity contribution in [2.75, 3.05) is 11.9 Å². The molecule has 0 saturated carbocycles. The molecular formula is C19H19N3S. The van der Waals surface area contributed by atoms with Gasteiger partial charge < -0.3 is 15.2 Å². The summed E-state index contributed by atoms with van der Waals surface area (Å²) in [5, 5.41) is 5.48. The Balaban J connectivity index is 1.62. The van der Waals surface area contributed by atoms with Crippen LogP contribution in [0.3, 0.4) is 0 Å². The second kappa shape index (κ2) is 5.70. The molecule has 3 nitrogen and oxygen atoms in total. The number of hydrogen-bond donors (Lipinski definition) is 2. The number of rotatable bonds is 1. The molecule has 3 aromatic rings. The maximum absolute atomic E-state index is 5.64. The highest BCUT2D eigenvalue weighted by atomic mass is 32.1. The zero-order chi connectivity index (χ0) is 15.8. The van der Waals surface area contributed by atoms with E-state index < -0.39 is 0 Å². The number of anilines is 1. The van der Waals surface area contributed by atoms with Gasteiger partial charge in [-0.05, 0) is 49.3 Å². The van der Waals surface area contributed by atoms with E-state index in [0.717, 1.165) is 23.8 Å². The van der Waals surface area contributed by atoms with E-state index >= 15 is 0 Å². The van der Waals surface area contributed by atoms with E-state index in [2.05, 4.69) is 46.4 Å². The maximum atomic E-state index is 5.64. The van der Waals surface area contributed by atoms with Crippen molar-refractivity contribution in [3.8, 4) is 0 Å². The van der Waals surface area contributed by atoms with Crippen LogP contribution in [0.1, 0.15) is 24.2 Å². The molecule has 4 heteroatoms. The van der Waals surface area contributed by atoms with Crippen LogP contribution in [0.15, 0.2) is 54.6 Å². The lowest BCUT2D eigenvalue weighted by Crippen LogP contribution is -2.41. The van der Waals surface area contributed by atoms with E-state index in [4.69, 9.17) is 12.2 Å². The molecule has 0 unspecified atom stereocenters. The van der Waals surface area contributed by atoms with Crippen molar-refractivity contribution < 1.29 is 0 Å². The lowest BCUT2D eigenvalue weighted by atomic mass is 9.99. The Morgan fingerprint density at radius 2 is 1.87 bits per heavy atom. The van der Waals surface area contributed by atoms with Gasteiger partial charge in [0.2, 0.25) is 0 Å². The van der Waals surface area contributed by atoms with E-state index in [1.807, 2.05) is 30.3 Å². The fraction of sp³-hybridized carbons (Fsp3) is 0.211. The summed E-state index contributed by atoms with van der Waals surface area (Å²) in [5.74, 6) is 0. The number of benzene rings is 2. The number of H-pyrrole nitrogens is 1. The third kappa shape index (κ3) is 2.49. The van der Waals surface area contributed by atoms with Crippen molar-refractivity contribution in [1.29, 1.82) is 0 Å². The van der Waals surface area contributed by atoms with Crippen LogP contribution in [0.4, 0.5) is 5.69 Å². The van der Waals surface area contributed by atoms with Gasteiger partial charge in [0.25, 0.3) is 0 Å². The van der Waals surface area contributed by atoms with Gasteiger partial charge in [0.05, 0.1) is 6.04 Å². The largest absolute Gasteiger partial charge is 0.356 e. The molecule has 2 aromatic carbocycles. The van der Waals surface area contributed by atoms with Crippen LogP contribution >= 0.6 is 12.2 Å². The molecule has 116 valence electrons. The molecular weight excluding hydrogens is 302 g/mol. The first-order chi connectivity index (χ1) is 11.2. The van der Waals surface area contributed by atoms with Gasteiger partial charge in [-0.1, -0.05) is 36.4 Å². The molecule has 1 aliphatic rings. The highest BCUT2D eigenvalue weighted by Crippen LogP contribution is 2.34. The Hall–Kier alpha value is -2.33. The molecule has 23 heavy (non-hydrogen) atoms. The number of fused-ring (bicyclic) bond motifs is 3. The van der Waals surface area contributed by atoms with Gasteiger partial charge in [-0.25, -0.2) is 0 Å². The zero-order valence-corrected chi connectivity index (χ0v) is 13.9. The third-order valence-corrected chi connectivity index (χ3v) is 4.96. The molecule has 1 aromatic heterocycles. The quantitative estimate of drug-likeness (QED) is 0.648. The first-order valence-electron chi connectivity index (χ1n) is 7.96. The molecule has 0 fully saturated rings. The van der Waals surface area contributed by atoms with Crippen molar-refractivity contribution in [3.63, 3.8) is 0 Å². The number of nitrogens with one attached hydrogen (secondary N) is 2. The second-order valence-electron chi connectivity index (χ2n) is 5.98. The van der Waals surface area contributed by atoms with E-state index in [1.165, 1.54) is 22.2 Å². The van der Waals surface area contributed by atoms with Gasteiger partial charge >= 0.3 is 0 Å². The molecule has 2 heterocycles. The molecule has 0 spiro atoms. The van der Waals surface area contributed by atoms with Crippen molar-refractivity contribution >= 4 is 33.9 Å². The Bertz CT molecular complexity index is 853. The molecule has 0 bridgehead atoms. The number of aromatic amines is 1. The number of hydrogen-bond acceptors (Lipinski definition) is 1. The molecule has 2 N–H and O–H groups in total. The summed E-state index contributed by atoms with van der Waals surface area (Å²) in [5.41, 5.74) is 4.97. The minimum atomic E-state index is 0.245. The van der Waals surface area contributed by atoms with Crippen LogP contribution in [-0.2, 0) is 6.42 Å². The van der Waals surface area contributed by atoms with E-state index in [0.29, 0.717) is 0 Å². The minimum absolute atomic E-state index is 0.245. The number of para-hydroxylation sites is 2. The molecule has 4 rings (SSSR count). The standard InChI is InChI=1S/C19H19N3S/c1-13-18-16(15-9-5-6-10-17(15)21-18)11-12-22(13)19(23)20-14-7-3-2-4-8-14/h2-10,13,21H,11-12H2,1H3,(H,20,23)/t13-/m0/s1. The number of nitrogens with zero attached hydrogens (tertiary/aromatic N) is 1. The monoisotopic (exact) mass is 321 g/mol. The summed E-state index contributed by atoms with van der Waals surface area (Å²) in [4.78, 5) is 5.85. The molecule has 0 amide bonds. The highest BCUT2D eigenvalue weighted by molar-refractivity contribution is 7.80. The first kappa shape index (κ1) is 14.3. The summed E-state index contributed by atoms with van der Waals surface area (Å²) in [6.07, 6.45) is 1.01. The summed E-state index contributed by atoms with van der Waals surface area (Å²) in [7, 11) is 0. The van der Waals surface area contributed by atoms with Crippen molar-refractivity contribution in [1.82, 2.24) is 9.88 Å². The van der Waals surface area contributed by atoms with Crippen molar-refractivity contribution in [3.05, 3.63) is 65.9 Å². The van der Waals surface area contributed by atoms with Crippen LogP contribution in [0.5, 0.6) is 0 Å². The highest BCUT2D eigenvalue weighted by Gasteiger charge is 2.28. The summed E-state index contributed by atoms with van der Waals surface area (Å²) in [6.45, 7) is 3.15. The van der Waals surface area contributed by atoms with E-state index in [9.17, 15) is 0 Å². The fourth-order valence-electron chi connectivity index (χ4n) is 3.42. The average molecular weight is 321 g/mol.